The van der Waals surface area contributed by atoms with Crippen molar-refractivity contribution in [3.63, 3.8) is 0 Å². The molecule has 0 spiro atoms. The molecule has 0 saturated heterocycles. The van der Waals surface area contributed by atoms with Crippen LogP contribution in [-0.2, 0) is 26.0 Å². The molecule has 150 valence electrons. The van der Waals surface area contributed by atoms with Crippen molar-refractivity contribution in [2.75, 3.05) is 11.3 Å². The lowest BCUT2D eigenvalue weighted by molar-refractivity contribution is -0.121. The first kappa shape index (κ1) is 21.8. The first-order valence-electron chi connectivity index (χ1n) is 7.99. The van der Waals surface area contributed by atoms with Crippen LogP contribution in [0.4, 0.5) is 10.5 Å². The molecular formula is C17H17Cl2N3O5S. The van der Waals surface area contributed by atoms with Gasteiger partial charge in [-0.25, -0.2) is 18.6 Å². The number of rotatable bonds is 6. The minimum Gasteiger partial charge on any atom is -0.449 e. The summed E-state index contributed by atoms with van der Waals surface area (Å²) in [6.07, 6.45) is -0.783. The van der Waals surface area contributed by atoms with Gasteiger partial charge in [0, 0.05) is 5.69 Å². The molecule has 0 saturated carbocycles. The van der Waals surface area contributed by atoms with Crippen molar-refractivity contribution < 1.29 is 22.7 Å². The zero-order valence-corrected chi connectivity index (χ0v) is 17.0. The van der Waals surface area contributed by atoms with Crippen molar-refractivity contribution >= 4 is 50.9 Å². The molecule has 0 unspecified atom stereocenters. The lowest BCUT2D eigenvalue weighted by Crippen LogP contribution is -2.42. The van der Waals surface area contributed by atoms with Gasteiger partial charge in [0.25, 0.3) is 10.0 Å². The van der Waals surface area contributed by atoms with Gasteiger partial charge in [-0.15, -0.1) is 0 Å². The molecule has 2 amide bonds. The molecule has 11 heteroatoms. The third-order valence-electron chi connectivity index (χ3n) is 3.35. The lowest BCUT2D eigenvalue weighted by Gasteiger charge is -2.10. The summed E-state index contributed by atoms with van der Waals surface area (Å²) >= 11 is 11.7. The second kappa shape index (κ2) is 9.63. The van der Waals surface area contributed by atoms with E-state index >= 15 is 0 Å². The molecule has 2 aromatic rings. The summed E-state index contributed by atoms with van der Waals surface area (Å²) in [5.74, 6) is -0.461. The van der Waals surface area contributed by atoms with Crippen LogP contribution in [0.15, 0.2) is 47.4 Å². The zero-order chi connectivity index (χ0) is 20.7. The summed E-state index contributed by atoms with van der Waals surface area (Å²) in [5.41, 5.74) is 5.22. The number of nitrogens with one attached hydrogen (secondary N) is 3. The highest BCUT2D eigenvalue weighted by atomic mass is 35.5. The molecular weight excluding hydrogens is 429 g/mol. The number of sulfonamides is 1. The third kappa shape index (κ3) is 6.29. The molecule has 0 aliphatic rings. The topological polar surface area (TPSA) is 114 Å². The summed E-state index contributed by atoms with van der Waals surface area (Å²) < 4.78 is 31.8. The summed E-state index contributed by atoms with van der Waals surface area (Å²) in [5, 5.41) is 0.378. The van der Waals surface area contributed by atoms with Gasteiger partial charge in [-0.3, -0.25) is 14.9 Å². The molecule has 2 rings (SSSR count). The second-order valence-corrected chi connectivity index (χ2v) is 7.95. The predicted octanol–water partition coefficient (Wildman–Crippen LogP) is 3.11. The van der Waals surface area contributed by atoms with Gasteiger partial charge in [-0.2, -0.15) is 0 Å². The van der Waals surface area contributed by atoms with E-state index in [9.17, 15) is 18.0 Å². The summed E-state index contributed by atoms with van der Waals surface area (Å²) in [6.45, 7) is 1.82. The SMILES string of the molecule is CCOC(=O)NNC(=O)Cc1ccc(NS(=O)(=O)c2ccc(Cl)c(Cl)c2)cc1. The monoisotopic (exact) mass is 445 g/mol. The first-order chi connectivity index (χ1) is 13.2. The van der Waals surface area contributed by atoms with Crippen LogP contribution in [0.3, 0.4) is 0 Å². The summed E-state index contributed by atoms with van der Waals surface area (Å²) in [6, 6.07) is 10.2. The number of hydrogen-bond donors (Lipinski definition) is 3. The van der Waals surface area contributed by atoms with E-state index in [0.717, 1.165) is 0 Å². The van der Waals surface area contributed by atoms with Gasteiger partial charge >= 0.3 is 6.09 Å². The van der Waals surface area contributed by atoms with Gasteiger partial charge in [-0.1, -0.05) is 35.3 Å². The highest BCUT2D eigenvalue weighted by Gasteiger charge is 2.16. The van der Waals surface area contributed by atoms with Crippen molar-refractivity contribution in [3.8, 4) is 0 Å². The van der Waals surface area contributed by atoms with Gasteiger partial charge in [0.1, 0.15) is 0 Å². The Kier molecular flexibility index (Phi) is 7.50. The predicted molar refractivity (Wildman–Crippen MR) is 106 cm³/mol. The zero-order valence-electron chi connectivity index (χ0n) is 14.7. The van der Waals surface area contributed by atoms with Crippen molar-refractivity contribution in [3.05, 3.63) is 58.1 Å². The van der Waals surface area contributed by atoms with Crippen molar-refractivity contribution in [2.45, 2.75) is 18.2 Å². The van der Waals surface area contributed by atoms with Gasteiger partial charge < -0.3 is 4.74 Å². The highest BCUT2D eigenvalue weighted by molar-refractivity contribution is 7.92. The molecule has 0 aliphatic heterocycles. The number of halogens is 2. The number of carbonyl (C=O) groups excluding carboxylic acids is 2. The standard InChI is InChI=1S/C17H17Cl2N3O5S/c1-2-27-17(24)21-20-16(23)9-11-3-5-12(6-4-11)22-28(25,26)13-7-8-14(18)15(19)10-13/h3-8,10,22H,2,9H2,1H3,(H,20,23)(H,21,24). The van der Waals surface area contributed by atoms with Gasteiger partial charge in [-0.05, 0) is 42.8 Å². The van der Waals surface area contributed by atoms with Crippen LogP contribution in [0.1, 0.15) is 12.5 Å². The molecule has 0 radical (unpaired) electrons. The Labute approximate surface area is 172 Å². The molecule has 0 aliphatic carbocycles. The van der Waals surface area contributed by atoms with Crippen LogP contribution in [0.2, 0.25) is 10.0 Å². The van der Waals surface area contributed by atoms with Gasteiger partial charge in [0.15, 0.2) is 0 Å². The van der Waals surface area contributed by atoms with Crippen LogP contribution in [-0.4, -0.2) is 27.0 Å². The number of hydrogen-bond acceptors (Lipinski definition) is 5. The summed E-state index contributed by atoms with van der Waals surface area (Å²) in [4.78, 5) is 22.8. The van der Waals surface area contributed by atoms with E-state index < -0.39 is 22.0 Å². The minimum atomic E-state index is -3.85. The number of anilines is 1. The quantitative estimate of drug-likeness (QED) is 0.591. The minimum absolute atomic E-state index is 0.0216. The molecule has 2 aromatic carbocycles. The van der Waals surface area contributed by atoms with Gasteiger partial charge in [0.05, 0.1) is 28.0 Å². The summed E-state index contributed by atoms with van der Waals surface area (Å²) in [7, 11) is -3.85. The van der Waals surface area contributed by atoms with E-state index in [1.807, 2.05) is 0 Å². The van der Waals surface area contributed by atoms with E-state index in [4.69, 9.17) is 23.2 Å². The van der Waals surface area contributed by atoms with Crippen LogP contribution in [0.25, 0.3) is 0 Å². The Hall–Kier alpha value is -2.49. The molecule has 8 nitrogen and oxygen atoms in total. The Morgan fingerprint density at radius 1 is 1.00 bits per heavy atom. The normalized spacial score (nSPS) is 10.8. The Morgan fingerprint density at radius 2 is 1.68 bits per heavy atom. The van der Waals surface area contributed by atoms with Crippen LogP contribution < -0.4 is 15.6 Å². The Balaban J connectivity index is 1.97. The maximum Gasteiger partial charge on any atom is 0.426 e. The number of hydrazine groups is 1. The highest BCUT2D eigenvalue weighted by Crippen LogP contribution is 2.26. The van der Waals surface area contributed by atoms with Crippen LogP contribution >= 0.6 is 23.2 Å². The van der Waals surface area contributed by atoms with Crippen molar-refractivity contribution in [2.24, 2.45) is 0 Å². The average Bonchev–Trinajstić information content (AvgIpc) is 2.64. The molecule has 0 fully saturated rings. The number of amides is 2. The maximum absolute atomic E-state index is 12.4. The molecule has 0 heterocycles. The maximum atomic E-state index is 12.4. The van der Waals surface area contributed by atoms with E-state index in [1.165, 1.54) is 30.3 Å². The number of carbonyl (C=O) groups is 2. The second-order valence-electron chi connectivity index (χ2n) is 5.45. The van der Waals surface area contributed by atoms with Gasteiger partial charge in [0.2, 0.25) is 5.91 Å². The van der Waals surface area contributed by atoms with Crippen LogP contribution in [0.5, 0.6) is 0 Å². The van der Waals surface area contributed by atoms with Crippen molar-refractivity contribution in [1.82, 2.24) is 10.9 Å². The molecule has 0 atom stereocenters. The molecule has 0 aromatic heterocycles. The Bertz CT molecular complexity index is 965. The van der Waals surface area contributed by atoms with E-state index in [0.29, 0.717) is 11.3 Å². The molecule has 3 N–H and O–H groups in total. The fourth-order valence-electron chi connectivity index (χ4n) is 2.07. The Morgan fingerprint density at radius 3 is 2.29 bits per heavy atom. The number of benzene rings is 2. The van der Waals surface area contributed by atoms with Crippen molar-refractivity contribution in [1.29, 1.82) is 0 Å². The average molecular weight is 446 g/mol. The van der Waals surface area contributed by atoms with E-state index in [2.05, 4.69) is 20.3 Å². The molecule has 0 bridgehead atoms. The van der Waals surface area contributed by atoms with E-state index in [-0.39, 0.29) is 28.0 Å². The van der Waals surface area contributed by atoms with Crippen LogP contribution in [0, 0.1) is 0 Å². The first-order valence-corrected chi connectivity index (χ1v) is 10.2. The fraction of sp³-hybridized carbons (Fsp3) is 0.176. The largest absolute Gasteiger partial charge is 0.449 e. The number of ether oxygens (including phenoxy) is 1. The van der Waals surface area contributed by atoms with E-state index in [1.54, 1.807) is 19.1 Å². The molecule has 28 heavy (non-hydrogen) atoms. The third-order valence-corrected chi connectivity index (χ3v) is 5.47. The lowest BCUT2D eigenvalue weighted by atomic mass is 10.1. The fourth-order valence-corrected chi connectivity index (χ4v) is 3.51. The smallest absolute Gasteiger partial charge is 0.426 e.